The molecule has 0 bridgehead atoms. The van der Waals surface area contributed by atoms with E-state index in [2.05, 4.69) is 9.97 Å². The molecule has 0 aliphatic carbocycles. The van der Waals surface area contributed by atoms with E-state index in [4.69, 9.17) is 9.47 Å². The van der Waals surface area contributed by atoms with Crippen molar-refractivity contribution >= 4 is 0 Å². The van der Waals surface area contributed by atoms with Gasteiger partial charge in [0.15, 0.2) is 11.5 Å². The summed E-state index contributed by atoms with van der Waals surface area (Å²) < 4.78 is 10.5. The van der Waals surface area contributed by atoms with Gasteiger partial charge in [-0.2, -0.15) is 0 Å². The zero-order chi connectivity index (χ0) is 12.3. The van der Waals surface area contributed by atoms with Crippen LogP contribution in [0.25, 0.3) is 11.1 Å². The van der Waals surface area contributed by atoms with Crippen LogP contribution in [-0.2, 0) is 0 Å². The van der Waals surface area contributed by atoms with Crippen molar-refractivity contribution in [2.24, 2.45) is 0 Å². The largest absolute Gasteiger partial charge is 0.493 e. The van der Waals surface area contributed by atoms with Crippen molar-refractivity contribution in [2.75, 3.05) is 14.2 Å². The van der Waals surface area contributed by atoms with Crippen molar-refractivity contribution in [1.29, 1.82) is 0 Å². The molecule has 1 aromatic heterocycles. The topological polar surface area (TPSA) is 64.2 Å². The second-order valence-corrected chi connectivity index (χ2v) is 3.34. The fourth-order valence-corrected chi connectivity index (χ4v) is 1.64. The molecular weight excluding hydrogens is 220 g/mol. The fourth-order valence-electron chi connectivity index (χ4n) is 1.64. The summed E-state index contributed by atoms with van der Waals surface area (Å²) in [6.45, 7) is 0. The molecule has 1 heterocycles. The molecule has 1 aromatic carbocycles. The van der Waals surface area contributed by atoms with E-state index in [1.807, 2.05) is 0 Å². The van der Waals surface area contributed by atoms with Crippen molar-refractivity contribution in [3.63, 3.8) is 0 Å². The molecule has 0 fully saturated rings. The van der Waals surface area contributed by atoms with Crippen LogP contribution in [-0.4, -0.2) is 24.2 Å². The summed E-state index contributed by atoms with van der Waals surface area (Å²) in [4.78, 5) is 18.1. The quantitative estimate of drug-likeness (QED) is 0.870. The Bertz CT molecular complexity index is 578. The summed E-state index contributed by atoms with van der Waals surface area (Å²) in [5.74, 6) is 1.10. The molecule has 1 N–H and O–H groups in total. The predicted octanol–water partition coefficient (Wildman–Crippen LogP) is 1.45. The molecule has 0 spiro atoms. The first-order valence-electron chi connectivity index (χ1n) is 5.02. The van der Waals surface area contributed by atoms with Crippen molar-refractivity contribution in [3.8, 4) is 22.6 Å². The van der Waals surface area contributed by atoms with Gasteiger partial charge in [-0.15, -0.1) is 0 Å². The first-order valence-corrected chi connectivity index (χ1v) is 5.02. The number of hydrogen-bond donors (Lipinski definition) is 1. The van der Waals surface area contributed by atoms with Gasteiger partial charge in [-0.1, -0.05) is 12.1 Å². The molecule has 0 atom stereocenters. The minimum Gasteiger partial charge on any atom is -0.493 e. The van der Waals surface area contributed by atoms with E-state index >= 15 is 0 Å². The van der Waals surface area contributed by atoms with Crippen molar-refractivity contribution < 1.29 is 9.47 Å². The number of para-hydroxylation sites is 1. The summed E-state index contributed by atoms with van der Waals surface area (Å²) in [6.07, 6.45) is 2.84. The fraction of sp³-hybridized carbons (Fsp3) is 0.167. The highest BCUT2D eigenvalue weighted by molar-refractivity contribution is 5.72. The van der Waals surface area contributed by atoms with E-state index in [0.717, 1.165) is 0 Å². The van der Waals surface area contributed by atoms with E-state index in [-0.39, 0.29) is 5.56 Å². The van der Waals surface area contributed by atoms with Gasteiger partial charge in [-0.05, 0) is 6.07 Å². The Labute approximate surface area is 98.0 Å². The highest BCUT2D eigenvalue weighted by Gasteiger charge is 2.13. The number of nitrogens with zero attached hydrogens (tertiary/aromatic N) is 1. The van der Waals surface area contributed by atoms with Crippen LogP contribution in [0.3, 0.4) is 0 Å². The molecule has 17 heavy (non-hydrogen) atoms. The Morgan fingerprint density at radius 2 is 2.00 bits per heavy atom. The molecule has 0 aliphatic heterocycles. The minimum atomic E-state index is -0.216. The van der Waals surface area contributed by atoms with Crippen molar-refractivity contribution in [2.45, 2.75) is 0 Å². The monoisotopic (exact) mass is 232 g/mol. The van der Waals surface area contributed by atoms with Gasteiger partial charge in [0.1, 0.15) is 0 Å². The van der Waals surface area contributed by atoms with Gasteiger partial charge >= 0.3 is 0 Å². The van der Waals surface area contributed by atoms with Gasteiger partial charge in [0.05, 0.1) is 26.1 Å². The Balaban J connectivity index is 2.68. The SMILES string of the molecule is COc1cccc(-c2cnc[nH]c2=O)c1OC. The smallest absolute Gasteiger partial charge is 0.258 e. The molecule has 0 saturated carbocycles. The van der Waals surface area contributed by atoms with Crippen LogP contribution < -0.4 is 15.0 Å². The molecule has 88 valence electrons. The molecule has 2 aromatic rings. The average molecular weight is 232 g/mol. The first-order chi connectivity index (χ1) is 8.27. The van der Waals surface area contributed by atoms with Crippen LogP contribution in [0.15, 0.2) is 35.5 Å². The lowest BCUT2D eigenvalue weighted by Gasteiger charge is -2.11. The van der Waals surface area contributed by atoms with Gasteiger partial charge < -0.3 is 14.5 Å². The Morgan fingerprint density at radius 3 is 2.65 bits per heavy atom. The minimum absolute atomic E-state index is 0.216. The molecule has 0 unspecified atom stereocenters. The molecule has 0 saturated heterocycles. The number of aromatic nitrogens is 2. The Hall–Kier alpha value is -2.30. The number of H-pyrrole nitrogens is 1. The number of aromatic amines is 1. The number of hydrogen-bond acceptors (Lipinski definition) is 4. The van der Waals surface area contributed by atoms with Crippen LogP contribution in [0.4, 0.5) is 0 Å². The van der Waals surface area contributed by atoms with E-state index in [0.29, 0.717) is 22.6 Å². The molecule has 5 nitrogen and oxygen atoms in total. The summed E-state index contributed by atoms with van der Waals surface area (Å²) in [6, 6.07) is 5.35. The lowest BCUT2D eigenvalue weighted by atomic mass is 10.1. The standard InChI is InChI=1S/C12H12N2O3/c1-16-10-5-3-4-8(11(10)17-2)9-6-13-7-14-12(9)15/h3-7H,1-2H3,(H,13,14,15). The summed E-state index contributed by atoms with van der Waals surface area (Å²) in [5, 5.41) is 0. The lowest BCUT2D eigenvalue weighted by molar-refractivity contribution is 0.356. The third kappa shape index (κ3) is 1.99. The number of rotatable bonds is 3. The van der Waals surface area contributed by atoms with Crippen LogP contribution in [0.1, 0.15) is 0 Å². The second-order valence-electron chi connectivity index (χ2n) is 3.34. The summed E-state index contributed by atoms with van der Waals surface area (Å²) in [7, 11) is 3.08. The number of ether oxygens (including phenoxy) is 2. The molecule has 0 amide bonds. The van der Waals surface area contributed by atoms with E-state index in [1.54, 1.807) is 25.3 Å². The zero-order valence-corrected chi connectivity index (χ0v) is 9.56. The van der Waals surface area contributed by atoms with Gasteiger partial charge in [0.2, 0.25) is 0 Å². The maximum Gasteiger partial charge on any atom is 0.258 e. The summed E-state index contributed by atoms with van der Waals surface area (Å²) >= 11 is 0. The second kappa shape index (κ2) is 4.69. The third-order valence-corrected chi connectivity index (χ3v) is 2.41. The Morgan fingerprint density at radius 1 is 1.18 bits per heavy atom. The maximum atomic E-state index is 11.7. The molecule has 0 aliphatic rings. The Kier molecular flexibility index (Phi) is 3.09. The van der Waals surface area contributed by atoms with Crippen LogP contribution in [0, 0.1) is 0 Å². The van der Waals surface area contributed by atoms with Crippen molar-refractivity contribution in [3.05, 3.63) is 41.1 Å². The van der Waals surface area contributed by atoms with Gasteiger partial charge in [0.25, 0.3) is 5.56 Å². The van der Waals surface area contributed by atoms with Crippen LogP contribution in [0.5, 0.6) is 11.5 Å². The van der Waals surface area contributed by atoms with E-state index < -0.39 is 0 Å². The highest BCUT2D eigenvalue weighted by atomic mass is 16.5. The van der Waals surface area contributed by atoms with Gasteiger partial charge in [-0.25, -0.2) is 4.98 Å². The third-order valence-electron chi connectivity index (χ3n) is 2.41. The van der Waals surface area contributed by atoms with Crippen LogP contribution in [0.2, 0.25) is 0 Å². The van der Waals surface area contributed by atoms with Crippen molar-refractivity contribution in [1.82, 2.24) is 9.97 Å². The van der Waals surface area contributed by atoms with E-state index in [9.17, 15) is 4.79 Å². The van der Waals surface area contributed by atoms with Crippen LogP contribution >= 0.6 is 0 Å². The highest BCUT2D eigenvalue weighted by Crippen LogP contribution is 2.35. The molecule has 0 radical (unpaired) electrons. The zero-order valence-electron chi connectivity index (χ0n) is 9.56. The number of nitrogens with one attached hydrogen (secondary N) is 1. The normalized spacial score (nSPS) is 10.0. The lowest BCUT2D eigenvalue weighted by Crippen LogP contribution is -2.09. The first kappa shape index (κ1) is 11.2. The maximum absolute atomic E-state index is 11.7. The molecular formula is C12H12N2O3. The van der Waals surface area contributed by atoms with E-state index in [1.165, 1.54) is 19.6 Å². The number of benzene rings is 1. The predicted molar refractivity (Wildman–Crippen MR) is 63.4 cm³/mol. The van der Waals surface area contributed by atoms with Gasteiger partial charge in [-0.3, -0.25) is 4.79 Å². The number of methoxy groups -OCH3 is 2. The summed E-state index contributed by atoms with van der Waals surface area (Å²) in [5.41, 5.74) is 0.885. The van der Waals surface area contributed by atoms with Gasteiger partial charge in [0, 0.05) is 11.8 Å². The molecule has 5 heteroatoms. The molecule has 2 rings (SSSR count). The average Bonchev–Trinajstić information content (AvgIpc) is 2.38.